The van der Waals surface area contributed by atoms with Crippen LogP contribution in [-0.2, 0) is 70.5 Å². The van der Waals surface area contributed by atoms with Crippen LogP contribution in [0.2, 0.25) is 0 Å². The Balaban J connectivity index is 0.918. The van der Waals surface area contributed by atoms with Gasteiger partial charge in [-0.25, -0.2) is 0 Å². The fourth-order valence-corrected chi connectivity index (χ4v) is 13.3. The number of aromatic amines is 2. The number of nitrogens with zero attached hydrogens (tertiary/aromatic N) is 2. The van der Waals surface area contributed by atoms with Crippen molar-refractivity contribution < 1.29 is 53.4 Å². The van der Waals surface area contributed by atoms with Crippen LogP contribution in [0.5, 0.6) is 5.75 Å². The van der Waals surface area contributed by atoms with E-state index in [1.165, 1.54) is 29.2 Å². The van der Waals surface area contributed by atoms with Gasteiger partial charge in [-0.3, -0.25) is 48.6 Å². The van der Waals surface area contributed by atoms with Crippen LogP contribution in [0.3, 0.4) is 0 Å². The third-order valence-corrected chi connectivity index (χ3v) is 18.5. The van der Waals surface area contributed by atoms with Crippen LogP contribution < -0.4 is 53.6 Å². The number of amides is 8. The van der Waals surface area contributed by atoms with E-state index in [1.807, 2.05) is 98.8 Å². The second-order valence-corrected chi connectivity index (χ2v) is 26.1. The number of hydrogen-bond acceptors (Lipinski definition) is 13. The molecule has 100 heavy (non-hydrogen) atoms. The summed E-state index contributed by atoms with van der Waals surface area (Å²) in [6, 6.07) is 32.1. The molecule has 524 valence electrons. The molecule has 0 radical (unpaired) electrons. The summed E-state index contributed by atoms with van der Waals surface area (Å²) in [7, 11) is 0. The molecular formula is C75H88N14O11. The Kier molecular flexibility index (Phi) is 24.1. The number of phenols is 1. The molecule has 10 rings (SSSR count). The van der Waals surface area contributed by atoms with E-state index in [0.717, 1.165) is 38.5 Å². The number of para-hydroxylation sites is 3. The van der Waals surface area contributed by atoms with E-state index < -0.39 is 90.3 Å². The number of benzene rings is 6. The zero-order valence-corrected chi connectivity index (χ0v) is 56.1. The number of hydrogen-bond donors (Lipinski definition) is 14. The van der Waals surface area contributed by atoms with E-state index in [9.17, 15) is 39.0 Å². The standard InChI is InChI=1S/C75H88N14O11/c1-44(2)37-58(68(94)83-57(20-11-34-79-75(77)78)73(99)88-35-12-22-64(88)65(92)31-33-76)84-70(96)60(40-50-42-80-55-18-8-6-16-52(50)55)86-69(95)59(39-46-24-28-51(91)29-25-46)85-72(98)62(43-90)87-71(97)61(81-66(93)30-26-45-23-27-47-13-3-4-15-49(47)38-45)41-54-53-17-7-9-19-56(53)82-67(54)74(100)89-36-32-48-14-5-10-21-63(48)89/h3-10,13-19,21,23-25,27-29,38,42,44,57-62,64,80,82,90-91H,11-12,20,22,26,30-37,39-41,43,76H2,1-2H3,(H,81,93)(H,83,94)(H,84,96)(H,85,98)(H,86,95)(H,87,97)(H4,77,78,79)/t57-,58-,59-,60+,61+,62-,64-/m0/s1. The van der Waals surface area contributed by atoms with Crippen molar-refractivity contribution in [3.05, 3.63) is 179 Å². The Bertz CT molecular complexity index is 4300. The second kappa shape index (κ2) is 33.6. The van der Waals surface area contributed by atoms with E-state index in [2.05, 4.69) is 47.2 Å². The minimum absolute atomic E-state index is 0.0572. The van der Waals surface area contributed by atoms with Crippen LogP contribution in [-0.4, -0.2) is 159 Å². The van der Waals surface area contributed by atoms with Gasteiger partial charge in [0.2, 0.25) is 41.4 Å². The van der Waals surface area contributed by atoms with Crippen LogP contribution in [0.1, 0.15) is 97.1 Å². The van der Waals surface area contributed by atoms with Gasteiger partial charge in [0.1, 0.15) is 47.7 Å². The summed E-state index contributed by atoms with van der Waals surface area (Å²) in [5, 5.41) is 51.9. The number of nitrogens with one attached hydrogen (secondary N) is 10. The molecule has 25 heteroatoms. The van der Waals surface area contributed by atoms with E-state index >= 15 is 14.4 Å². The summed E-state index contributed by atoms with van der Waals surface area (Å²) in [5.74, 6) is -6.55. The van der Waals surface area contributed by atoms with Gasteiger partial charge in [0.05, 0.1) is 12.6 Å². The number of carbonyl (C=O) groups is 9. The molecular weight excluding hydrogens is 1270 g/mol. The van der Waals surface area contributed by atoms with Crippen LogP contribution in [0.25, 0.3) is 32.6 Å². The number of guanidine groups is 1. The van der Waals surface area contributed by atoms with E-state index in [1.54, 1.807) is 41.4 Å². The highest BCUT2D eigenvalue weighted by Crippen LogP contribution is 2.33. The van der Waals surface area contributed by atoms with E-state index in [-0.39, 0.29) is 106 Å². The first-order chi connectivity index (χ1) is 48.2. The number of ketones is 1. The molecule has 6 aromatic carbocycles. The molecule has 2 aliphatic rings. The topological polar surface area (TPSA) is 392 Å². The number of phenolic OH excluding ortho intramolecular Hbond substituents is 1. The summed E-state index contributed by atoms with van der Waals surface area (Å²) in [6.07, 6.45) is 3.33. The van der Waals surface area contributed by atoms with Crippen molar-refractivity contribution in [2.75, 3.05) is 37.7 Å². The zero-order chi connectivity index (χ0) is 71.0. The van der Waals surface area contributed by atoms with Crippen molar-refractivity contribution in [3.8, 4) is 5.75 Å². The van der Waals surface area contributed by atoms with Gasteiger partial charge in [-0.2, -0.15) is 0 Å². The highest BCUT2D eigenvalue weighted by atomic mass is 16.3. The first-order valence-corrected chi connectivity index (χ1v) is 34.1. The van der Waals surface area contributed by atoms with Crippen molar-refractivity contribution in [3.63, 3.8) is 0 Å². The average Bonchev–Trinajstić information content (AvgIpc) is 1.62. The number of likely N-dealkylation sites (tertiary alicyclic amines) is 1. The maximum atomic E-state index is 15.2. The van der Waals surface area contributed by atoms with Gasteiger partial charge in [-0.1, -0.05) is 123 Å². The molecule has 0 aliphatic carbocycles. The summed E-state index contributed by atoms with van der Waals surface area (Å²) in [6.45, 7) is 3.63. The fourth-order valence-electron chi connectivity index (χ4n) is 13.3. The summed E-state index contributed by atoms with van der Waals surface area (Å²) in [4.78, 5) is 141. The maximum absolute atomic E-state index is 15.2. The van der Waals surface area contributed by atoms with Gasteiger partial charge >= 0.3 is 0 Å². The fraction of sp³-hybridized carbons (Fsp3) is 0.360. The lowest BCUT2D eigenvalue weighted by Crippen LogP contribution is -2.61. The van der Waals surface area contributed by atoms with Gasteiger partial charge in [-0.15, -0.1) is 0 Å². The second-order valence-electron chi connectivity index (χ2n) is 26.1. The number of nitrogens with two attached hydrogens (primary N) is 2. The Morgan fingerprint density at radius 2 is 1.25 bits per heavy atom. The van der Waals surface area contributed by atoms with Gasteiger partial charge in [0, 0.05) is 85.4 Å². The summed E-state index contributed by atoms with van der Waals surface area (Å²) >= 11 is 0. The number of aryl methyl sites for hydroxylation is 1. The van der Waals surface area contributed by atoms with Crippen molar-refractivity contribution in [1.29, 1.82) is 5.41 Å². The Hall–Kier alpha value is -10.9. The Morgan fingerprint density at radius 1 is 0.640 bits per heavy atom. The van der Waals surface area contributed by atoms with Gasteiger partial charge < -0.3 is 78.7 Å². The smallest absolute Gasteiger partial charge is 0.275 e. The molecule has 7 atom stereocenters. The molecule has 0 bridgehead atoms. The summed E-state index contributed by atoms with van der Waals surface area (Å²) in [5.41, 5.74) is 16.8. The number of anilines is 1. The minimum Gasteiger partial charge on any atom is -0.508 e. The lowest BCUT2D eigenvalue weighted by atomic mass is 9.99. The first kappa shape index (κ1) is 71.8. The highest BCUT2D eigenvalue weighted by Gasteiger charge is 2.40. The van der Waals surface area contributed by atoms with Crippen LogP contribution in [0.15, 0.2) is 146 Å². The Morgan fingerprint density at radius 3 is 1.97 bits per heavy atom. The molecule has 2 aliphatic heterocycles. The maximum Gasteiger partial charge on any atom is 0.275 e. The number of aromatic hydroxyl groups is 1. The van der Waals surface area contributed by atoms with Crippen molar-refractivity contribution in [2.45, 2.75) is 133 Å². The molecule has 1 saturated heterocycles. The normalized spacial score (nSPS) is 15.3. The highest BCUT2D eigenvalue weighted by molar-refractivity contribution is 6.11. The predicted molar refractivity (Wildman–Crippen MR) is 381 cm³/mol. The number of aliphatic hydroxyl groups is 1. The average molecular weight is 1360 g/mol. The van der Waals surface area contributed by atoms with E-state index in [0.29, 0.717) is 59.8 Å². The van der Waals surface area contributed by atoms with Crippen LogP contribution >= 0.6 is 0 Å². The molecule has 16 N–H and O–H groups in total. The molecule has 0 unspecified atom stereocenters. The molecule has 25 nitrogen and oxygen atoms in total. The minimum atomic E-state index is -1.77. The molecule has 8 aromatic rings. The Labute approximate surface area is 578 Å². The molecule has 8 amide bonds. The van der Waals surface area contributed by atoms with Crippen molar-refractivity contribution in [2.24, 2.45) is 17.4 Å². The number of carbonyl (C=O) groups excluding carboxylic acids is 9. The first-order valence-electron chi connectivity index (χ1n) is 34.1. The third-order valence-electron chi connectivity index (χ3n) is 18.5. The van der Waals surface area contributed by atoms with Crippen LogP contribution in [0, 0.1) is 11.3 Å². The lowest BCUT2D eigenvalue weighted by Gasteiger charge is -2.31. The predicted octanol–water partition coefficient (Wildman–Crippen LogP) is 4.49. The van der Waals surface area contributed by atoms with E-state index in [4.69, 9.17) is 16.9 Å². The van der Waals surface area contributed by atoms with Gasteiger partial charge in [0.15, 0.2) is 11.7 Å². The van der Waals surface area contributed by atoms with Crippen LogP contribution in [0.4, 0.5) is 5.69 Å². The van der Waals surface area contributed by atoms with Gasteiger partial charge in [-0.05, 0) is 126 Å². The SMILES string of the molecule is CC(C)C[C@H](NC(=O)[C@@H](Cc1c[nH]c2ccccc12)NC(=O)[C@H](Cc1ccc(O)cc1)NC(=O)[C@H](CO)NC(=O)[C@@H](Cc1c(C(=O)N2CCc3ccccc32)[nH]c2ccccc12)NC(=O)CCc1ccc2ccccc2c1)C(=O)N[C@@H](CCCNC(=N)N)C(=O)N1CCC[C@H]1C(=O)CCN. The lowest BCUT2D eigenvalue weighted by molar-refractivity contribution is -0.141. The number of fused-ring (bicyclic) bond motifs is 4. The molecule has 4 heterocycles. The molecule has 2 aromatic heterocycles. The number of Topliss-reactive ketones (excluding diaryl/α,β-unsaturated/α-hetero) is 1. The molecule has 1 fully saturated rings. The largest absolute Gasteiger partial charge is 0.508 e. The third kappa shape index (κ3) is 18.0. The monoisotopic (exact) mass is 1360 g/mol. The number of aromatic nitrogens is 2. The summed E-state index contributed by atoms with van der Waals surface area (Å²) < 4.78 is 0. The van der Waals surface area contributed by atoms with Gasteiger partial charge in [0.25, 0.3) is 5.91 Å². The zero-order valence-electron chi connectivity index (χ0n) is 56.1. The van der Waals surface area contributed by atoms with Crippen molar-refractivity contribution in [1.82, 2.24) is 52.1 Å². The molecule has 0 saturated carbocycles. The molecule has 0 spiro atoms. The number of H-pyrrole nitrogens is 2. The quantitative estimate of drug-likeness (QED) is 0.0157. The van der Waals surface area contributed by atoms with Crippen molar-refractivity contribution >= 4 is 97.3 Å². The number of aliphatic hydroxyl groups excluding tert-OH is 1. The number of rotatable bonds is 32.